The van der Waals surface area contributed by atoms with Gasteiger partial charge in [0.1, 0.15) is 5.15 Å². The summed E-state index contributed by atoms with van der Waals surface area (Å²) in [6, 6.07) is 30.2. The molecule has 0 aliphatic heterocycles. The van der Waals surface area contributed by atoms with E-state index in [1.807, 2.05) is 0 Å². The van der Waals surface area contributed by atoms with E-state index in [9.17, 15) is 0 Å². The van der Waals surface area contributed by atoms with Gasteiger partial charge in [0.2, 0.25) is 0 Å². The first-order valence-corrected chi connectivity index (χ1v) is 11.1. The first-order chi connectivity index (χ1) is 14.8. The summed E-state index contributed by atoms with van der Waals surface area (Å²) in [5.74, 6) is 0. The first kappa shape index (κ1) is 16.6. The first-order valence-electron chi connectivity index (χ1n) is 9.94. The highest BCUT2D eigenvalue weighted by Gasteiger charge is 2.19. The third-order valence-electron chi connectivity index (χ3n) is 6.13. The Balaban J connectivity index is 1.87. The molecule has 0 amide bonds. The monoisotopic (exact) mass is 419 g/mol. The molecule has 0 N–H and O–H groups in total. The normalized spacial score (nSPS) is 12.2. The van der Waals surface area contributed by atoms with E-state index in [0.29, 0.717) is 5.15 Å². The summed E-state index contributed by atoms with van der Waals surface area (Å²) >= 11 is 8.57. The average Bonchev–Trinajstić information content (AvgIpc) is 3.21. The molecule has 30 heavy (non-hydrogen) atoms. The highest BCUT2D eigenvalue weighted by atomic mass is 35.5. The smallest absolute Gasteiger partial charge is 0.147 e. The number of fused-ring (bicyclic) bond motifs is 12. The molecule has 0 fully saturated rings. The van der Waals surface area contributed by atoms with Gasteiger partial charge in [0, 0.05) is 31.6 Å². The molecule has 0 saturated carbocycles. The van der Waals surface area contributed by atoms with Gasteiger partial charge in [-0.05, 0) is 21.5 Å². The highest BCUT2D eigenvalue weighted by molar-refractivity contribution is 7.27. The molecule has 0 spiro atoms. The molecule has 0 aliphatic carbocycles. The highest BCUT2D eigenvalue weighted by Crippen LogP contribution is 2.48. The molecule has 2 heterocycles. The van der Waals surface area contributed by atoms with E-state index in [0.717, 1.165) is 15.6 Å². The van der Waals surface area contributed by atoms with Gasteiger partial charge in [0.15, 0.2) is 0 Å². The molecule has 2 aromatic heterocycles. The second-order valence-corrected chi connectivity index (χ2v) is 9.07. The molecule has 1 nitrogen and oxygen atoms in total. The van der Waals surface area contributed by atoms with Crippen molar-refractivity contribution in [1.82, 2.24) is 4.98 Å². The second-order valence-electron chi connectivity index (χ2n) is 7.69. The summed E-state index contributed by atoms with van der Waals surface area (Å²) in [4.78, 5) is 4.86. The fourth-order valence-corrected chi connectivity index (χ4v) is 6.40. The predicted octanol–water partition coefficient (Wildman–Crippen LogP) is 8.72. The van der Waals surface area contributed by atoms with Gasteiger partial charge >= 0.3 is 0 Å². The van der Waals surface area contributed by atoms with E-state index < -0.39 is 0 Å². The fourth-order valence-electron chi connectivity index (χ4n) is 4.86. The van der Waals surface area contributed by atoms with Gasteiger partial charge in [0.25, 0.3) is 0 Å². The summed E-state index contributed by atoms with van der Waals surface area (Å²) in [7, 11) is 0. The number of halogens is 1. The zero-order chi connectivity index (χ0) is 19.8. The van der Waals surface area contributed by atoms with E-state index in [1.54, 1.807) is 11.3 Å². The van der Waals surface area contributed by atoms with Gasteiger partial charge in [-0.1, -0.05) is 96.5 Å². The number of benzene rings is 5. The van der Waals surface area contributed by atoms with Crippen LogP contribution < -0.4 is 0 Å². The third kappa shape index (κ3) is 2.05. The maximum atomic E-state index is 6.81. The lowest BCUT2D eigenvalue weighted by molar-refractivity contribution is 1.47. The number of pyridine rings is 1. The van der Waals surface area contributed by atoms with Crippen LogP contribution in [0.2, 0.25) is 5.15 Å². The summed E-state index contributed by atoms with van der Waals surface area (Å²) < 4.78 is 2.35. The Kier molecular flexibility index (Phi) is 3.27. The van der Waals surface area contributed by atoms with Gasteiger partial charge in [-0.15, -0.1) is 11.3 Å². The molecule has 0 aliphatic rings. The zero-order valence-electron chi connectivity index (χ0n) is 15.8. The van der Waals surface area contributed by atoms with Crippen LogP contribution in [0, 0.1) is 0 Å². The van der Waals surface area contributed by atoms with Gasteiger partial charge < -0.3 is 0 Å². The van der Waals surface area contributed by atoms with Gasteiger partial charge in [-0.3, -0.25) is 0 Å². The Labute approximate surface area is 181 Å². The maximum absolute atomic E-state index is 6.81. The van der Waals surface area contributed by atoms with Crippen molar-refractivity contribution in [1.29, 1.82) is 0 Å². The van der Waals surface area contributed by atoms with E-state index in [4.69, 9.17) is 16.6 Å². The van der Waals surface area contributed by atoms with Crippen molar-refractivity contribution in [3.63, 3.8) is 0 Å². The summed E-state index contributed by atoms with van der Waals surface area (Å²) in [6.45, 7) is 0. The van der Waals surface area contributed by atoms with Crippen LogP contribution in [-0.2, 0) is 0 Å². The molecule has 0 radical (unpaired) electrons. The Hall–Kier alpha value is -3.20. The van der Waals surface area contributed by atoms with Crippen molar-refractivity contribution in [3.8, 4) is 0 Å². The van der Waals surface area contributed by atoms with Crippen molar-refractivity contribution in [2.24, 2.45) is 0 Å². The minimum atomic E-state index is 0.586. The molecular formula is C27H14ClNS. The van der Waals surface area contributed by atoms with Gasteiger partial charge in [-0.2, -0.15) is 0 Å². The van der Waals surface area contributed by atoms with Crippen molar-refractivity contribution < 1.29 is 0 Å². The minimum Gasteiger partial charge on any atom is -0.234 e. The SMILES string of the molecule is Clc1nc2c3ccccc3ccc2c2c1sc1c3ccccc3c3ccccc3c12. The quantitative estimate of drug-likeness (QED) is 0.177. The number of rotatable bonds is 0. The molecule has 140 valence electrons. The standard InChI is InChI=1S/C27H14ClNS/c28-27-26-23(21-14-13-15-7-1-2-8-16(15)24(21)29-27)22-19-11-5-3-9-17(19)18-10-4-6-12-20(18)25(22)30-26/h1-14H. The largest absolute Gasteiger partial charge is 0.234 e. The van der Waals surface area contributed by atoms with E-state index in [1.165, 1.54) is 47.8 Å². The van der Waals surface area contributed by atoms with Crippen LogP contribution in [0.15, 0.2) is 84.9 Å². The minimum absolute atomic E-state index is 0.586. The lowest BCUT2D eigenvalue weighted by Gasteiger charge is -2.09. The van der Waals surface area contributed by atoms with E-state index >= 15 is 0 Å². The fraction of sp³-hybridized carbons (Fsp3) is 0. The van der Waals surface area contributed by atoms with Crippen molar-refractivity contribution in [2.75, 3.05) is 0 Å². The number of hydrogen-bond donors (Lipinski definition) is 0. The van der Waals surface area contributed by atoms with Crippen LogP contribution in [0.25, 0.3) is 63.4 Å². The van der Waals surface area contributed by atoms with Crippen LogP contribution in [0.3, 0.4) is 0 Å². The third-order valence-corrected chi connectivity index (χ3v) is 7.75. The predicted molar refractivity (Wildman–Crippen MR) is 132 cm³/mol. The number of nitrogens with zero attached hydrogens (tertiary/aromatic N) is 1. The van der Waals surface area contributed by atoms with Gasteiger partial charge in [-0.25, -0.2) is 4.98 Å². The average molecular weight is 420 g/mol. The Morgan fingerprint density at radius 1 is 0.533 bits per heavy atom. The second kappa shape index (κ2) is 5.91. The van der Waals surface area contributed by atoms with Crippen LogP contribution in [-0.4, -0.2) is 4.98 Å². The molecular weight excluding hydrogens is 406 g/mol. The summed E-state index contributed by atoms with van der Waals surface area (Å²) in [5.41, 5.74) is 0.975. The Bertz CT molecular complexity index is 1810. The molecule has 7 rings (SSSR count). The lowest BCUT2D eigenvalue weighted by atomic mass is 9.95. The van der Waals surface area contributed by atoms with Crippen molar-refractivity contribution >= 4 is 86.3 Å². The molecule has 0 unspecified atom stereocenters. The maximum Gasteiger partial charge on any atom is 0.147 e. The summed E-state index contributed by atoms with van der Waals surface area (Å²) in [5, 5.41) is 11.7. The Morgan fingerprint density at radius 2 is 1.13 bits per heavy atom. The zero-order valence-corrected chi connectivity index (χ0v) is 17.4. The number of thiophene rings is 1. The van der Waals surface area contributed by atoms with Crippen LogP contribution in [0.1, 0.15) is 0 Å². The molecule has 7 aromatic rings. The summed E-state index contributed by atoms with van der Waals surface area (Å²) in [6.07, 6.45) is 0. The van der Waals surface area contributed by atoms with Crippen LogP contribution >= 0.6 is 22.9 Å². The topological polar surface area (TPSA) is 12.9 Å². The number of aromatic nitrogens is 1. The lowest BCUT2D eigenvalue weighted by Crippen LogP contribution is -1.85. The molecule has 3 heteroatoms. The van der Waals surface area contributed by atoms with E-state index in [2.05, 4.69) is 84.9 Å². The molecule has 0 atom stereocenters. The molecule has 5 aromatic carbocycles. The van der Waals surface area contributed by atoms with Crippen LogP contribution in [0.5, 0.6) is 0 Å². The van der Waals surface area contributed by atoms with Crippen LogP contribution in [0.4, 0.5) is 0 Å². The van der Waals surface area contributed by atoms with Crippen molar-refractivity contribution in [2.45, 2.75) is 0 Å². The van der Waals surface area contributed by atoms with Gasteiger partial charge in [0.05, 0.1) is 10.2 Å². The van der Waals surface area contributed by atoms with E-state index in [-0.39, 0.29) is 0 Å². The number of hydrogen-bond acceptors (Lipinski definition) is 2. The Morgan fingerprint density at radius 3 is 1.93 bits per heavy atom. The van der Waals surface area contributed by atoms with Crippen molar-refractivity contribution in [3.05, 3.63) is 90.1 Å². The molecule has 0 saturated heterocycles. The molecule has 0 bridgehead atoms.